The number of amides is 3. The highest BCUT2D eigenvalue weighted by atomic mass is 16.2. The van der Waals surface area contributed by atoms with Gasteiger partial charge < -0.3 is 9.80 Å². The van der Waals surface area contributed by atoms with Crippen LogP contribution in [0.4, 0.5) is 10.6 Å². The summed E-state index contributed by atoms with van der Waals surface area (Å²) in [4.78, 5) is 39.1. The van der Waals surface area contributed by atoms with Gasteiger partial charge in [0, 0.05) is 51.3 Å². The first-order valence-electron chi connectivity index (χ1n) is 9.82. The lowest BCUT2D eigenvalue weighted by molar-refractivity contribution is 0.0784. The second kappa shape index (κ2) is 7.96. The summed E-state index contributed by atoms with van der Waals surface area (Å²) in [5, 5.41) is 0. The molecule has 0 N–H and O–H groups in total. The number of carbonyl (C=O) groups excluding carboxylic acids is 2. The van der Waals surface area contributed by atoms with Crippen LogP contribution >= 0.6 is 0 Å². The van der Waals surface area contributed by atoms with Crippen LogP contribution < -0.4 is 4.90 Å². The monoisotopic (exact) mass is 379 g/mol. The molecule has 146 valence electrons. The Morgan fingerprint density at radius 2 is 2.00 bits per heavy atom. The van der Waals surface area contributed by atoms with Crippen molar-refractivity contribution < 1.29 is 9.59 Å². The molecule has 0 aromatic carbocycles. The molecule has 1 saturated heterocycles. The SMILES string of the molecule is CN(Cc1ccc(N2CCN(C3CCCC3)C2=O)nc1)C(=O)c1cccnc1. The Balaban J connectivity index is 1.39. The number of carbonyl (C=O) groups is 2. The van der Waals surface area contributed by atoms with Gasteiger partial charge in [0.1, 0.15) is 5.82 Å². The largest absolute Gasteiger partial charge is 0.337 e. The first-order valence-corrected chi connectivity index (χ1v) is 9.82. The minimum Gasteiger partial charge on any atom is -0.337 e. The molecule has 2 aliphatic rings. The Labute approximate surface area is 165 Å². The van der Waals surface area contributed by atoms with Crippen molar-refractivity contribution in [3.8, 4) is 0 Å². The maximum Gasteiger partial charge on any atom is 0.326 e. The molecule has 1 aliphatic carbocycles. The molecule has 0 radical (unpaired) electrons. The minimum absolute atomic E-state index is 0.0658. The lowest BCUT2D eigenvalue weighted by Crippen LogP contribution is -2.38. The second-order valence-corrected chi connectivity index (χ2v) is 7.49. The van der Waals surface area contributed by atoms with Crippen LogP contribution in [0, 0.1) is 0 Å². The van der Waals surface area contributed by atoms with Crippen LogP contribution in [0.25, 0.3) is 0 Å². The standard InChI is InChI=1S/C21H25N5O2/c1-24(20(27)17-5-4-10-22-14-17)15-16-8-9-19(23-13-16)26-12-11-25(21(26)28)18-6-2-3-7-18/h4-5,8-10,13-14,18H,2-3,6-7,11-12,15H2,1H3. The van der Waals surface area contributed by atoms with Gasteiger partial charge in [0.2, 0.25) is 0 Å². The summed E-state index contributed by atoms with van der Waals surface area (Å²) in [5.74, 6) is 0.592. The van der Waals surface area contributed by atoms with Crippen LogP contribution in [0.1, 0.15) is 41.6 Å². The maximum absolute atomic E-state index is 12.8. The summed E-state index contributed by atoms with van der Waals surface area (Å²) < 4.78 is 0. The molecule has 1 aliphatic heterocycles. The predicted molar refractivity (Wildman–Crippen MR) is 106 cm³/mol. The zero-order valence-corrected chi connectivity index (χ0v) is 16.1. The fourth-order valence-electron chi connectivity index (χ4n) is 4.05. The van der Waals surface area contributed by atoms with Gasteiger partial charge in [-0.2, -0.15) is 0 Å². The number of anilines is 1. The highest BCUT2D eigenvalue weighted by Crippen LogP contribution is 2.28. The predicted octanol–water partition coefficient (Wildman–Crippen LogP) is 2.93. The smallest absolute Gasteiger partial charge is 0.326 e. The lowest BCUT2D eigenvalue weighted by Gasteiger charge is -2.24. The summed E-state index contributed by atoms with van der Waals surface area (Å²) in [6.45, 7) is 1.90. The highest BCUT2D eigenvalue weighted by molar-refractivity contribution is 5.94. The van der Waals surface area contributed by atoms with Gasteiger partial charge in [-0.05, 0) is 36.6 Å². The van der Waals surface area contributed by atoms with E-state index in [0.29, 0.717) is 30.5 Å². The number of pyridine rings is 2. The number of urea groups is 1. The quantitative estimate of drug-likeness (QED) is 0.801. The molecule has 2 aromatic heterocycles. The number of hydrogen-bond donors (Lipinski definition) is 0. The van der Waals surface area contributed by atoms with Crippen LogP contribution in [-0.2, 0) is 6.54 Å². The van der Waals surface area contributed by atoms with Crippen molar-refractivity contribution in [3.05, 3.63) is 54.0 Å². The molecular formula is C21H25N5O2. The van der Waals surface area contributed by atoms with E-state index in [-0.39, 0.29) is 11.9 Å². The highest BCUT2D eigenvalue weighted by Gasteiger charge is 2.36. The Morgan fingerprint density at radius 1 is 1.18 bits per heavy atom. The van der Waals surface area contributed by atoms with Gasteiger partial charge in [-0.15, -0.1) is 0 Å². The van der Waals surface area contributed by atoms with E-state index in [9.17, 15) is 9.59 Å². The van der Waals surface area contributed by atoms with Gasteiger partial charge in [0.15, 0.2) is 0 Å². The summed E-state index contributed by atoms with van der Waals surface area (Å²) in [7, 11) is 1.76. The Kier molecular flexibility index (Phi) is 5.23. The summed E-state index contributed by atoms with van der Waals surface area (Å²) in [6.07, 6.45) is 9.61. The van der Waals surface area contributed by atoms with E-state index < -0.39 is 0 Å². The van der Waals surface area contributed by atoms with Crippen molar-refractivity contribution in [1.82, 2.24) is 19.8 Å². The lowest BCUT2D eigenvalue weighted by atomic mass is 10.2. The van der Waals surface area contributed by atoms with E-state index in [1.807, 2.05) is 17.0 Å². The number of rotatable bonds is 5. The van der Waals surface area contributed by atoms with Gasteiger partial charge in [0.05, 0.1) is 5.56 Å². The normalized spacial score (nSPS) is 17.4. The molecule has 2 fully saturated rings. The topological polar surface area (TPSA) is 69.6 Å². The molecule has 1 saturated carbocycles. The molecule has 4 rings (SSSR count). The van der Waals surface area contributed by atoms with Crippen molar-refractivity contribution in [3.63, 3.8) is 0 Å². The van der Waals surface area contributed by atoms with Gasteiger partial charge in [-0.3, -0.25) is 14.7 Å². The molecule has 0 atom stereocenters. The molecule has 0 unspecified atom stereocenters. The van der Waals surface area contributed by atoms with Crippen molar-refractivity contribution in [2.24, 2.45) is 0 Å². The first kappa shape index (κ1) is 18.4. The summed E-state index contributed by atoms with van der Waals surface area (Å²) in [5.41, 5.74) is 1.48. The van der Waals surface area contributed by atoms with Crippen LogP contribution in [0.3, 0.4) is 0 Å². The Morgan fingerprint density at radius 3 is 2.68 bits per heavy atom. The Hall–Kier alpha value is -2.96. The third-order valence-electron chi connectivity index (χ3n) is 5.57. The van der Waals surface area contributed by atoms with E-state index in [4.69, 9.17) is 0 Å². The van der Waals surface area contributed by atoms with Crippen LogP contribution in [0.15, 0.2) is 42.9 Å². The number of nitrogens with zero attached hydrogens (tertiary/aromatic N) is 5. The molecule has 0 spiro atoms. The van der Waals surface area contributed by atoms with Gasteiger partial charge in [-0.1, -0.05) is 18.9 Å². The molecular weight excluding hydrogens is 354 g/mol. The zero-order valence-electron chi connectivity index (χ0n) is 16.1. The van der Waals surface area contributed by atoms with Crippen molar-refractivity contribution in [1.29, 1.82) is 0 Å². The average molecular weight is 379 g/mol. The van der Waals surface area contributed by atoms with Gasteiger partial charge in [0.25, 0.3) is 5.91 Å². The molecule has 2 aromatic rings. The molecule has 3 amide bonds. The fourth-order valence-corrected chi connectivity index (χ4v) is 4.05. The first-order chi connectivity index (χ1) is 13.6. The van der Waals surface area contributed by atoms with Crippen LogP contribution in [0.2, 0.25) is 0 Å². The van der Waals surface area contributed by atoms with Crippen molar-refractivity contribution >= 4 is 17.8 Å². The average Bonchev–Trinajstić information content (AvgIpc) is 3.38. The molecule has 28 heavy (non-hydrogen) atoms. The van der Waals surface area contributed by atoms with E-state index in [0.717, 1.165) is 24.9 Å². The van der Waals surface area contributed by atoms with Gasteiger partial charge in [-0.25, -0.2) is 9.78 Å². The van der Waals surface area contributed by atoms with Gasteiger partial charge >= 0.3 is 6.03 Å². The minimum atomic E-state index is -0.0842. The molecule has 7 heteroatoms. The fraction of sp³-hybridized carbons (Fsp3) is 0.429. The van der Waals surface area contributed by atoms with E-state index in [1.165, 1.54) is 12.8 Å². The van der Waals surface area contributed by atoms with E-state index >= 15 is 0 Å². The second-order valence-electron chi connectivity index (χ2n) is 7.49. The molecule has 0 bridgehead atoms. The Bertz CT molecular complexity index is 834. The van der Waals surface area contributed by atoms with E-state index in [2.05, 4.69) is 9.97 Å². The van der Waals surface area contributed by atoms with Crippen molar-refractivity contribution in [2.45, 2.75) is 38.3 Å². The van der Waals surface area contributed by atoms with Crippen LogP contribution in [0.5, 0.6) is 0 Å². The van der Waals surface area contributed by atoms with E-state index in [1.54, 1.807) is 47.6 Å². The number of aromatic nitrogens is 2. The summed E-state index contributed by atoms with van der Waals surface area (Å²) in [6, 6.07) is 7.76. The van der Waals surface area contributed by atoms with Crippen molar-refractivity contribution in [2.75, 3.05) is 25.0 Å². The zero-order chi connectivity index (χ0) is 19.5. The van der Waals surface area contributed by atoms with Crippen LogP contribution in [-0.4, -0.2) is 57.9 Å². The maximum atomic E-state index is 12.8. The summed E-state index contributed by atoms with van der Waals surface area (Å²) >= 11 is 0. The third-order valence-corrected chi connectivity index (χ3v) is 5.57. The number of hydrogen-bond acceptors (Lipinski definition) is 4. The third kappa shape index (κ3) is 3.69. The molecule has 7 nitrogen and oxygen atoms in total. The molecule has 3 heterocycles.